The smallest absolute Gasteiger partial charge is 0.320 e. The molecule has 29 heavy (non-hydrogen) atoms. The van der Waals surface area contributed by atoms with E-state index in [1.165, 1.54) is 6.07 Å². The van der Waals surface area contributed by atoms with Crippen LogP contribution < -0.4 is 4.74 Å². The van der Waals surface area contributed by atoms with E-state index in [4.69, 9.17) is 4.74 Å². The minimum atomic E-state index is -0.263. The van der Waals surface area contributed by atoms with Gasteiger partial charge in [-0.3, -0.25) is 9.88 Å². The van der Waals surface area contributed by atoms with Gasteiger partial charge < -0.3 is 14.5 Å². The van der Waals surface area contributed by atoms with Gasteiger partial charge in [0.1, 0.15) is 11.6 Å². The number of carbonyl (C=O) groups excluding carboxylic acids is 1. The first-order chi connectivity index (χ1) is 14.0. The van der Waals surface area contributed by atoms with Gasteiger partial charge in [0, 0.05) is 52.4 Å². The highest BCUT2D eigenvalue weighted by Gasteiger charge is 2.49. The molecule has 2 saturated heterocycles. The summed E-state index contributed by atoms with van der Waals surface area (Å²) in [7, 11) is 5.17. The zero-order valence-electron chi connectivity index (χ0n) is 17.1. The molecule has 0 spiro atoms. The van der Waals surface area contributed by atoms with Crippen LogP contribution in [0.5, 0.6) is 5.75 Å². The molecule has 3 heterocycles. The minimum Gasteiger partial charge on any atom is -0.495 e. The number of fused-ring (bicyclic) bond motifs is 1. The van der Waals surface area contributed by atoms with Crippen molar-refractivity contribution in [2.75, 3.05) is 40.8 Å². The van der Waals surface area contributed by atoms with E-state index in [9.17, 15) is 9.18 Å². The number of nitrogens with zero attached hydrogens (tertiary/aromatic N) is 4. The predicted octanol–water partition coefficient (Wildman–Crippen LogP) is 3.02. The molecule has 0 saturated carbocycles. The Balaban J connectivity index is 1.56. The van der Waals surface area contributed by atoms with E-state index >= 15 is 0 Å². The third-order valence-corrected chi connectivity index (χ3v) is 5.97. The minimum absolute atomic E-state index is 0.0165. The lowest BCUT2D eigenvalue weighted by molar-refractivity contribution is 0.151. The van der Waals surface area contributed by atoms with Crippen molar-refractivity contribution in [1.82, 2.24) is 19.7 Å². The summed E-state index contributed by atoms with van der Waals surface area (Å²) in [6.07, 6.45) is 3.56. The molecular weight excluding hydrogens is 371 g/mol. The summed E-state index contributed by atoms with van der Waals surface area (Å²) in [6, 6.07) is 8.55. The van der Waals surface area contributed by atoms with E-state index in [1.54, 1.807) is 44.4 Å². The van der Waals surface area contributed by atoms with Gasteiger partial charge in [-0.15, -0.1) is 0 Å². The molecule has 2 aliphatic rings. The fourth-order valence-electron chi connectivity index (χ4n) is 4.76. The highest BCUT2D eigenvalue weighted by atomic mass is 19.1. The summed E-state index contributed by atoms with van der Waals surface area (Å²) in [6.45, 7) is 3.25. The van der Waals surface area contributed by atoms with Crippen LogP contribution in [-0.4, -0.2) is 66.6 Å². The third-order valence-electron chi connectivity index (χ3n) is 5.97. The van der Waals surface area contributed by atoms with Gasteiger partial charge in [0.15, 0.2) is 0 Å². The van der Waals surface area contributed by atoms with Gasteiger partial charge in [-0.25, -0.2) is 9.18 Å². The first-order valence-corrected chi connectivity index (χ1v) is 9.90. The molecule has 2 aromatic rings. The van der Waals surface area contributed by atoms with Gasteiger partial charge in [-0.05, 0) is 35.2 Å². The van der Waals surface area contributed by atoms with E-state index < -0.39 is 0 Å². The van der Waals surface area contributed by atoms with Gasteiger partial charge in [0.05, 0.1) is 19.3 Å². The van der Waals surface area contributed by atoms with Crippen molar-refractivity contribution in [3.8, 4) is 5.75 Å². The summed E-state index contributed by atoms with van der Waals surface area (Å²) >= 11 is 0. The van der Waals surface area contributed by atoms with Crippen LogP contribution >= 0.6 is 0 Å². The topological polar surface area (TPSA) is 48.9 Å². The normalized spacial score (nSPS) is 23.9. The number of halogens is 1. The number of urea groups is 1. The van der Waals surface area contributed by atoms with Gasteiger partial charge >= 0.3 is 6.03 Å². The van der Waals surface area contributed by atoms with Gasteiger partial charge in [0.25, 0.3) is 0 Å². The Morgan fingerprint density at radius 1 is 1.24 bits per heavy atom. The summed E-state index contributed by atoms with van der Waals surface area (Å²) in [5, 5.41) is 0. The molecular formula is C22H27FN4O2. The second kappa shape index (κ2) is 7.99. The monoisotopic (exact) mass is 398 g/mol. The lowest BCUT2D eigenvalue weighted by atomic mass is 9.89. The molecule has 0 radical (unpaired) electrons. The van der Waals surface area contributed by atoms with Crippen molar-refractivity contribution in [1.29, 1.82) is 0 Å². The zero-order valence-corrected chi connectivity index (χ0v) is 17.1. The van der Waals surface area contributed by atoms with E-state index in [0.29, 0.717) is 12.5 Å². The molecule has 1 aromatic heterocycles. The Labute approximate surface area is 170 Å². The second-order valence-corrected chi connectivity index (χ2v) is 8.18. The second-order valence-electron chi connectivity index (χ2n) is 8.18. The summed E-state index contributed by atoms with van der Waals surface area (Å²) in [5.74, 6) is 1.13. The molecule has 7 heteroatoms. The molecule has 4 rings (SSSR count). The van der Waals surface area contributed by atoms with Crippen LogP contribution in [0.3, 0.4) is 0 Å². The molecule has 2 aliphatic heterocycles. The number of hydrogen-bond donors (Lipinski definition) is 0. The fraction of sp³-hybridized carbons (Fsp3) is 0.455. The average Bonchev–Trinajstić information content (AvgIpc) is 3.24. The van der Waals surface area contributed by atoms with Crippen LogP contribution in [0.4, 0.5) is 9.18 Å². The predicted molar refractivity (Wildman–Crippen MR) is 108 cm³/mol. The lowest BCUT2D eigenvalue weighted by Gasteiger charge is -2.32. The molecule has 0 aliphatic carbocycles. The molecule has 0 bridgehead atoms. The number of benzene rings is 1. The van der Waals surface area contributed by atoms with Crippen LogP contribution in [0.2, 0.25) is 0 Å². The summed E-state index contributed by atoms with van der Waals surface area (Å²) in [4.78, 5) is 23.0. The molecule has 6 nitrogen and oxygen atoms in total. The van der Waals surface area contributed by atoms with Gasteiger partial charge in [-0.2, -0.15) is 0 Å². The largest absolute Gasteiger partial charge is 0.495 e. The Morgan fingerprint density at radius 2 is 2.07 bits per heavy atom. The standard InChI is InChI=1S/C22H27FN4O2/c1-25(2)22(28)27-13-17-12-26(11-15-7-19(29-3)10-24-9-15)14-20(17)21(27)16-5-4-6-18(23)8-16/h4-10,17,20-21H,11-14H2,1-3H3/t17-,20-,21-/m1/s1. The number of likely N-dealkylation sites (tertiary alicyclic amines) is 2. The number of amides is 2. The van der Waals surface area contributed by atoms with E-state index in [2.05, 4.69) is 9.88 Å². The van der Waals surface area contributed by atoms with Crippen LogP contribution in [0.15, 0.2) is 42.7 Å². The number of aromatic nitrogens is 1. The Morgan fingerprint density at radius 3 is 2.79 bits per heavy atom. The maximum Gasteiger partial charge on any atom is 0.320 e. The average molecular weight is 398 g/mol. The van der Waals surface area contributed by atoms with Crippen LogP contribution in [0.1, 0.15) is 17.2 Å². The Kier molecular flexibility index (Phi) is 5.41. The van der Waals surface area contributed by atoms with Crippen molar-refractivity contribution < 1.29 is 13.9 Å². The van der Waals surface area contributed by atoms with Gasteiger partial charge in [-0.1, -0.05) is 12.1 Å². The molecule has 3 atom stereocenters. The van der Waals surface area contributed by atoms with Gasteiger partial charge in [0.2, 0.25) is 0 Å². The maximum atomic E-state index is 13.9. The molecule has 0 unspecified atom stereocenters. The Hall–Kier alpha value is -2.67. The van der Waals surface area contributed by atoms with Crippen LogP contribution in [0.25, 0.3) is 0 Å². The fourth-order valence-corrected chi connectivity index (χ4v) is 4.76. The van der Waals surface area contributed by atoms with Crippen molar-refractivity contribution >= 4 is 6.03 Å². The number of carbonyl (C=O) groups is 1. The first-order valence-electron chi connectivity index (χ1n) is 9.90. The highest BCUT2D eigenvalue weighted by Crippen LogP contribution is 2.45. The maximum absolute atomic E-state index is 13.9. The Bertz CT molecular complexity index is 891. The van der Waals surface area contributed by atoms with E-state index in [-0.39, 0.29) is 23.8 Å². The molecule has 0 N–H and O–H groups in total. The van der Waals surface area contributed by atoms with Crippen molar-refractivity contribution in [2.45, 2.75) is 12.6 Å². The van der Waals surface area contributed by atoms with E-state index in [1.807, 2.05) is 23.2 Å². The summed E-state index contributed by atoms with van der Waals surface area (Å²) in [5.41, 5.74) is 1.98. The first kappa shape index (κ1) is 19.6. The third kappa shape index (κ3) is 3.92. The molecule has 154 valence electrons. The highest BCUT2D eigenvalue weighted by molar-refractivity contribution is 5.75. The SMILES string of the molecule is COc1cncc(CN2C[C@@H]3CN(C(=O)N(C)C)[C@H](c4cccc(F)c4)[C@@H]3C2)c1. The van der Waals surface area contributed by atoms with Crippen molar-refractivity contribution in [2.24, 2.45) is 11.8 Å². The number of pyridine rings is 1. The van der Waals surface area contributed by atoms with Crippen molar-refractivity contribution in [3.05, 3.63) is 59.7 Å². The molecule has 2 fully saturated rings. The number of methoxy groups -OCH3 is 1. The van der Waals surface area contributed by atoms with Crippen LogP contribution in [0, 0.1) is 17.7 Å². The summed E-state index contributed by atoms with van der Waals surface area (Å²) < 4.78 is 19.2. The quantitative estimate of drug-likeness (QED) is 0.795. The zero-order chi connectivity index (χ0) is 20.5. The number of hydrogen-bond acceptors (Lipinski definition) is 4. The number of rotatable bonds is 4. The molecule has 2 amide bonds. The van der Waals surface area contributed by atoms with E-state index in [0.717, 1.165) is 36.5 Å². The lowest BCUT2D eigenvalue weighted by Crippen LogP contribution is -2.41. The van der Waals surface area contributed by atoms with Crippen molar-refractivity contribution in [3.63, 3.8) is 0 Å². The van der Waals surface area contributed by atoms with Crippen LogP contribution in [-0.2, 0) is 6.54 Å². The molecule has 1 aromatic carbocycles. The number of ether oxygens (including phenoxy) is 1.